The second-order valence-corrected chi connectivity index (χ2v) is 5.43. The van der Waals surface area contributed by atoms with Crippen LogP contribution < -0.4 is 0 Å². The van der Waals surface area contributed by atoms with Gasteiger partial charge in [-0.15, -0.1) is 0 Å². The van der Waals surface area contributed by atoms with Gasteiger partial charge in [-0.1, -0.05) is 18.1 Å². The Morgan fingerprint density at radius 2 is 2.00 bits per heavy atom. The van der Waals surface area contributed by atoms with Crippen LogP contribution >= 0.6 is 0 Å². The lowest BCUT2D eigenvalue weighted by molar-refractivity contribution is 0.0490. The Labute approximate surface area is 135 Å². The van der Waals surface area contributed by atoms with Gasteiger partial charge in [0.05, 0.1) is 12.2 Å². The van der Waals surface area contributed by atoms with Crippen molar-refractivity contribution in [1.82, 2.24) is 4.98 Å². The van der Waals surface area contributed by atoms with E-state index in [1.807, 2.05) is 0 Å². The fourth-order valence-electron chi connectivity index (χ4n) is 2.00. The quantitative estimate of drug-likeness (QED) is 0.693. The highest BCUT2D eigenvalue weighted by molar-refractivity contribution is 5.89. The Balaban J connectivity index is 2.41. The summed E-state index contributed by atoms with van der Waals surface area (Å²) >= 11 is 0. The number of esters is 1. The molecule has 0 aliphatic carbocycles. The minimum absolute atomic E-state index is 0.00256. The highest BCUT2D eigenvalue weighted by Crippen LogP contribution is 2.26. The summed E-state index contributed by atoms with van der Waals surface area (Å²) < 4.78 is 10.5. The summed E-state index contributed by atoms with van der Waals surface area (Å²) in [6.45, 7) is 7.03. The number of rotatable bonds is 4. The SMILES string of the molecule is CC#Cc1nc(-c2ccc(C(C)(C)O)cc2)oc1C(=O)OCC. The van der Waals surface area contributed by atoms with Crippen LogP contribution in [0.3, 0.4) is 0 Å². The molecular weight excluding hydrogens is 294 g/mol. The summed E-state index contributed by atoms with van der Waals surface area (Å²) in [7, 11) is 0. The number of ether oxygens (including phenoxy) is 1. The zero-order chi connectivity index (χ0) is 17.0. The van der Waals surface area contributed by atoms with E-state index in [9.17, 15) is 9.90 Å². The molecule has 5 heteroatoms. The molecule has 0 bridgehead atoms. The Morgan fingerprint density at radius 3 is 2.52 bits per heavy atom. The molecule has 0 radical (unpaired) electrons. The maximum absolute atomic E-state index is 11.9. The van der Waals surface area contributed by atoms with E-state index >= 15 is 0 Å². The van der Waals surface area contributed by atoms with E-state index in [2.05, 4.69) is 16.8 Å². The molecule has 0 fully saturated rings. The van der Waals surface area contributed by atoms with Crippen LogP contribution in [0.15, 0.2) is 28.7 Å². The third-order valence-corrected chi connectivity index (χ3v) is 3.17. The standard InChI is InChI=1S/C18H19NO4/c1-5-7-14-15(17(20)22-6-2)23-16(19-14)12-8-10-13(11-9-12)18(3,4)21/h8-11,21H,6H2,1-4H3. The molecule has 0 unspecified atom stereocenters. The van der Waals surface area contributed by atoms with Crippen LogP contribution in [0.2, 0.25) is 0 Å². The van der Waals surface area contributed by atoms with E-state index in [1.54, 1.807) is 52.0 Å². The molecule has 1 aromatic heterocycles. The average Bonchev–Trinajstić information content (AvgIpc) is 2.91. The zero-order valence-corrected chi connectivity index (χ0v) is 13.6. The molecule has 0 atom stereocenters. The normalized spacial score (nSPS) is 10.8. The molecule has 23 heavy (non-hydrogen) atoms. The number of hydrogen-bond acceptors (Lipinski definition) is 5. The molecule has 2 aromatic rings. The minimum Gasteiger partial charge on any atom is -0.460 e. The highest BCUT2D eigenvalue weighted by Gasteiger charge is 2.22. The fourth-order valence-corrected chi connectivity index (χ4v) is 2.00. The minimum atomic E-state index is -0.927. The third kappa shape index (κ3) is 3.79. The monoisotopic (exact) mass is 313 g/mol. The predicted molar refractivity (Wildman–Crippen MR) is 85.7 cm³/mol. The molecule has 1 heterocycles. The molecule has 0 amide bonds. The molecule has 5 nitrogen and oxygen atoms in total. The summed E-state index contributed by atoms with van der Waals surface area (Å²) in [6.07, 6.45) is 0. The lowest BCUT2D eigenvalue weighted by atomic mass is 9.97. The maximum atomic E-state index is 11.9. The van der Waals surface area contributed by atoms with Crippen molar-refractivity contribution < 1.29 is 19.1 Å². The predicted octanol–water partition coefficient (Wildman–Crippen LogP) is 3.12. The third-order valence-electron chi connectivity index (χ3n) is 3.17. The molecule has 0 spiro atoms. The van der Waals surface area contributed by atoms with Gasteiger partial charge in [-0.2, -0.15) is 4.98 Å². The van der Waals surface area contributed by atoms with Crippen LogP contribution in [-0.2, 0) is 10.3 Å². The van der Waals surface area contributed by atoms with E-state index < -0.39 is 11.6 Å². The Hall–Kier alpha value is -2.58. The summed E-state index contributed by atoms with van der Waals surface area (Å²) in [4.78, 5) is 16.2. The van der Waals surface area contributed by atoms with Crippen LogP contribution in [0, 0.1) is 11.8 Å². The number of aromatic nitrogens is 1. The van der Waals surface area contributed by atoms with Crippen LogP contribution in [-0.4, -0.2) is 22.7 Å². The van der Waals surface area contributed by atoms with Crippen molar-refractivity contribution in [3.8, 4) is 23.3 Å². The van der Waals surface area contributed by atoms with Gasteiger partial charge in [0.2, 0.25) is 11.7 Å². The molecule has 0 saturated carbocycles. The van der Waals surface area contributed by atoms with Crippen molar-refractivity contribution in [1.29, 1.82) is 0 Å². The van der Waals surface area contributed by atoms with Gasteiger partial charge in [0.25, 0.3) is 0 Å². The van der Waals surface area contributed by atoms with Crippen LogP contribution in [0.25, 0.3) is 11.5 Å². The maximum Gasteiger partial charge on any atom is 0.377 e. The first-order valence-electron chi connectivity index (χ1n) is 7.30. The molecule has 0 saturated heterocycles. The van der Waals surface area contributed by atoms with E-state index in [4.69, 9.17) is 9.15 Å². The van der Waals surface area contributed by atoms with Gasteiger partial charge in [-0.05, 0) is 51.3 Å². The number of nitrogens with zero attached hydrogens (tertiary/aromatic N) is 1. The van der Waals surface area contributed by atoms with E-state index in [0.29, 0.717) is 5.56 Å². The van der Waals surface area contributed by atoms with Gasteiger partial charge in [0, 0.05) is 5.56 Å². The second kappa shape index (κ2) is 6.67. The Kier molecular flexibility index (Phi) is 4.87. The number of carbonyl (C=O) groups is 1. The van der Waals surface area contributed by atoms with E-state index in [0.717, 1.165) is 5.56 Å². The largest absolute Gasteiger partial charge is 0.460 e. The number of benzene rings is 1. The first-order chi connectivity index (χ1) is 10.9. The van der Waals surface area contributed by atoms with Gasteiger partial charge in [-0.25, -0.2) is 4.79 Å². The van der Waals surface area contributed by atoms with E-state index in [1.165, 1.54) is 0 Å². The summed E-state index contributed by atoms with van der Waals surface area (Å²) in [6, 6.07) is 7.12. The highest BCUT2D eigenvalue weighted by atomic mass is 16.5. The first-order valence-corrected chi connectivity index (χ1v) is 7.30. The topological polar surface area (TPSA) is 72.6 Å². The van der Waals surface area contributed by atoms with E-state index in [-0.39, 0.29) is 24.0 Å². The Morgan fingerprint density at radius 1 is 1.35 bits per heavy atom. The van der Waals surface area contributed by atoms with Crippen LogP contribution in [0.1, 0.15) is 49.5 Å². The van der Waals surface area contributed by atoms with Gasteiger partial charge in [0.1, 0.15) is 0 Å². The smallest absolute Gasteiger partial charge is 0.377 e. The summed E-state index contributed by atoms with van der Waals surface area (Å²) in [5, 5.41) is 9.98. The lowest BCUT2D eigenvalue weighted by Gasteiger charge is -2.17. The second-order valence-electron chi connectivity index (χ2n) is 5.43. The van der Waals surface area contributed by atoms with Crippen molar-refractivity contribution in [2.45, 2.75) is 33.3 Å². The molecule has 1 N–H and O–H groups in total. The molecule has 1 aromatic carbocycles. The van der Waals surface area contributed by atoms with Crippen molar-refractivity contribution in [3.05, 3.63) is 41.3 Å². The number of aliphatic hydroxyl groups is 1. The molecule has 2 rings (SSSR count). The molecular formula is C18H19NO4. The number of oxazole rings is 1. The van der Waals surface area contributed by atoms with Crippen molar-refractivity contribution >= 4 is 5.97 Å². The molecule has 0 aliphatic heterocycles. The zero-order valence-electron chi connectivity index (χ0n) is 13.6. The summed E-state index contributed by atoms with van der Waals surface area (Å²) in [5.41, 5.74) is 0.788. The Bertz CT molecular complexity index is 755. The fraction of sp³-hybridized carbons (Fsp3) is 0.333. The van der Waals surface area contributed by atoms with Crippen molar-refractivity contribution in [2.24, 2.45) is 0 Å². The van der Waals surface area contributed by atoms with Gasteiger partial charge in [-0.3, -0.25) is 0 Å². The van der Waals surface area contributed by atoms with Gasteiger partial charge < -0.3 is 14.3 Å². The van der Waals surface area contributed by atoms with Crippen LogP contribution in [0.4, 0.5) is 0 Å². The van der Waals surface area contributed by atoms with Gasteiger partial charge in [0.15, 0.2) is 5.69 Å². The average molecular weight is 313 g/mol. The molecule has 0 aliphatic rings. The lowest BCUT2D eigenvalue weighted by Crippen LogP contribution is -2.14. The first kappa shape index (κ1) is 16.8. The van der Waals surface area contributed by atoms with Crippen LogP contribution in [0.5, 0.6) is 0 Å². The van der Waals surface area contributed by atoms with Crippen molar-refractivity contribution in [3.63, 3.8) is 0 Å². The number of carbonyl (C=O) groups excluding carboxylic acids is 1. The number of hydrogen-bond donors (Lipinski definition) is 1. The van der Waals surface area contributed by atoms with Gasteiger partial charge >= 0.3 is 5.97 Å². The van der Waals surface area contributed by atoms with Crippen molar-refractivity contribution in [2.75, 3.05) is 6.61 Å². The summed E-state index contributed by atoms with van der Waals surface area (Å²) in [5.74, 6) is 5.15. The molecule has 120 valence electrons.